The van der Waals surface area contributed by atoms with Gasteiger partial charge in [0, 0.05) is 18.9 Å². The summed E-state index contributed by atoms with van der Waals surface area (Å²) in [6.07, 6.45) is 1.18. The smallest absolute Gasteiger partial charge is 0.201 e. The fraction of sp³-hybridized carbons (Fsp3) is 0.182. The van der Waals surface area contributed by atoms with Gasteiger partial charge < -0.3 is 10.3 Å². The lowest BCUT2D eigenvalue weighted by Crippen LogP contribution is -1.96. The molecule has 0 bridgehead atoms. The van der Waals surface area contributed by atoms with Gasteiger partial charge in [0.05, 0.1) is 4.90 Å². The highest BCUT2D eigenvalue weighted by molar-refractivity contribution is 9.10. The number of hydrogen-bond acceptors (Lipinski definition) is 4. The van der Waals surface area contributed by atoms with Gasteiger partial charge in [0.25, 0.3) is 0 Å². The van der Waals surface area contributed by atoms with Crippen molar-refractivity contribution in [3.8, 4) is 11.3 Å². The first-order valence-electron chi connectivity index (χ1n) is 5.09. The minimum atomic E-state index is -3.18. The molecule has 2 rings (SSSR count). The highest BCUT2D eigenvalue weighted by Crippen LogP contribution is 2.29. The first kappa shape index (κ1) is 13.1. The number of benzene rings is 1. The monoisotopic (exact) mass is 329 g/mol. The molecule has 1 heterocycles. The Labute approximate surface area is 114 Å². The van der Waals surface area contributed by atoms with Crippen molar-refractivity contribution in [2.24, 2.45) is 7.05 Å². The van der Waals surface area contributed by atoms with E-state index >= 15 is 0 Å². The first-order chi connectivity index (χ1) is 8.30. The molecule has 18 heavy (non-hydrogen) atoms. The Bertz CT molecular complexity index is 690. The maximum Gasteiger partial charge on any atom is 0.201 e. The third kappa shape index (κ3) is 2.28. The molecule has 5 nitrogen and oxygen atoms in total. The summed E-state index contributed by atoms with van der Waals surface area (Å²) >= 11 is 3.40. The van der Waals surface area contributed by atoms with Crippen molar-refractivity contribution in [1.29, 1.82) is 0 Å². The quantitative estimate of drug-likeness (QED) is 0.911. The molecule has 2 aromatic rings. The van der Waals surface area contributed by atoms with Crippen LogP contribution in [0.4, 0.5) is 5.95 Å². The zero-order chi connectivity index (χ0) is 13.5. The molecule has 0 radical (unpaired) electrons. The highest BCUT2D eigenvalue weighted by atomic mass is 79.9. The van der Waals surface area contributed by atoms with Gasteiger partial charge in [-0.05, 0) is 28.1 Å². The molecule has 0 saturated heterocycles. The fourth-order valence-corrected chi connectivity index (χ4v) is 2.67. The van der Waals surface area contributed by atoms with Crippen molar-refractivity contribution in [3.05, 3.63) is 28.9 Å². The molecular weight excluding hydrogens is 318 g/mol. The number of nitrogen functional groups attached to an aromatic ring is 1. The molecule has 0 amide bonds. The standard InChI is InChI=1S/C11H12BrN3O2S/c1-15-10(12)9(14-11(15)13)7-3-5-8(6-4-7)18(2,16)17/h3-6H,1-2H3,(H2,13,14). The van der Waals surface area contributed by atoms with Crippen molar-refractivity contribution < 1.29 is 8.42 Å². The van der Waals surface area contributed by atoms with Crippen LogP contribution in [-0.4, -0.2) is 24.2 Å². The Balaban J connectivity index is 2.50. The number of nitrogens with two attached hydrogens (primary N) is 1. The van der Waals surface area contributed by atoms with E-state index in [0.29, 0.717) is 11.6 Å². The van der Waals surface area contributed by atoms with Gasteiger partial charge in [0.2, 0.25) is 5.95 Å². The molecule has 0 fully saturated rings. The van der Waals surface area contributed by atoms with E-state index in [1.807, 2.05) is 0 Å². The summed E-state index contributed by atoms with van der Waals surface area (Å²) in [4.78, 5) is 4.50. The Morgan fingerprint density at radius 3 is 2.22 bits per heavy atom. The van der Waals surface area contributed by atoms with Crippen LogP contribution >= 0.6 is 15.9 Å². The Morgan fingerprint density at radius 2 is 1.83 bits per heavy atom. The average Bonchev–Trinajstić information content (AvgIpc) is 2.56. The largest absolute Gasteiger partial charge is 0.369 e. The van der Waals surface area contributed by atoms with Gasteiger partial charge in [-0.1, -0.05) is 12.1 Å². The Hall–Kier alpha value is -1.34. The predicted molar refractivity (Wildman–Crippen MR) is 73.9 cm³/mol. The van der Waals surface area contributed by atoms with Crippen LogP contribution in [0, 0.1) is 0 Å². The lowest BCUT2D eigenvalue weighted by molar-refractivity contribution is 0.602. The van der Waals surface area contributed by atoms with Crippen LogP contribution in [0.1, 0.15) is 0 Å². The summed E-state index contributed by atoms with van der Waals surface area (Å²) in [5.74, 6) is 0.393. The lowest BCUT2D eigenvalue weighted by atomic mass is 10.2. The number of nitrogens with zero attached hydrogens (tertiary/aromatic N) is 2. The zero-order valence-corrected chi connectivity index (χ0v) is 12.3. The summed E-state index contributed by atoms with van der Waals surface area (Å²) in [6.45, 7) is 0. The topological polar surface area (TPSA) is 78.0 Å². The summed E-state index contributed by atoms with van der Waals surface area (Å²) in [5, 5.41) is 0. The van der Waals surface area contributed by atoms with Crippen LogP contribution in [0.2, 0.25) is 0 Å². The van der Waals surface area contributed by atoms with Crippen LogP contribution in [-0.2, 0) is 16.9 Å². The Kier molecular flexibility index (Phi) is 3.20. The second kappa shape index (κ2) is 4.40. The Morgan fingerprint density at radius 1 is 1.28 bits per heavy atom. The molecule has 2 N–H and O–H groups in total. The number of hydrogen-bond donors (Lipinski definition) is 1. The lowest BCUT2D eigenvalue weighted by Gasteiger charge is -2.01. The van der Waals surface area contributed by atoms with Gasteiger partial charge in [-0.3, -0.25) is 0 Å². The number of rotatable bonds is 2. The van der Waals surface area contributed by atoms with Gasteiger partial charge in [0.15, 0.2) is 9.84 Å². The second-order valence-electron chi connectivity index (χ2n) is 3.96. The molecule has 0 saturated carbocycles. The van der Waals surface area contributed by atoms with Crippen LogP contribution < -0.4 is 5.73 Å². The van der Waals surface area contributed by atoms with Crippen LogP contribution in [0.3, 0.4) is 0 Å². The summed E-state index contributed by atoms with van der Waals surface area (Å²) in [7, 11) is -1.38. The highest BCUT2D eigenvalue weighted by Gasteiger charge is 2.13. The van der Waals surface area contributed by atoms with Crippen molar-refractivity contribution in [3.63, 3.8) is 0 Å². The molecule has 0 aliphatic heterocycles. The van der Waals surface area contributed by atoms with Gasteiger partial charge in [-0.25, -0.2) is 13.4 Å². The maximum atomic E-state index is 11.4. The van der Waals surface area contributed by atoms with Gasteiger partial charge in [-0.15, -0.1) is 0 Å². The number of aromatic nitrogens is 2. The molecule has 1 aromatic heterocycles. The average molecular weight is 330 g/mol. The van der Waals surface area contributed by atoms with E-state index in [1.54, 1.807) is 35.9 Å². The number of sulfone groups is 1. The van der Waals surface area contributed by atoms with Gasteiger partial charge in [-0.2, -0.15) is 0 Å². The van der Waals surface area contributed by atoms with Crippen molar-refractivity contribution >= 4 is 31.7 Å². The normalized spacial score (nSPS) is 11.7. The van der Waals surface area contributed by atoms with Gasteiger partial charge >= 0.3 is 0 Å². The van der Waals surface area contributed by atoms with E-state index in [-0.39, 0.29) is 4.90 Å². The minimum absolute atomic E-state index is 0.284. The number of imidazole rings is 1. The van der Waals surface area contributed by atoms with E-state index in [4.69, 9.17) is 5.73 Å². The van der Waals surface area contributed by atoms with E-state index in [2.05, 4.69) is 20.9 Å². The first-order valence-corrected chi connectivity index (χ1v) is 7.77. The predicted octanol–water partition coefficient (Wildman–Crippen LogP) is 1.84. The third-order valence-corrected chi connectivity index (χ3v) is 4.65. The molecule has 0 aliphatic carbocycles. The summed E-state index contributed by atoms with van der Waals surface area (Å²) in [6, 6.07) is 6.54. The summed E-state index contributed by atoms with van der Waals surface area (Å²) in [5.41, 5.74) is 7.20. The third-order valence-electron chi connectivity index (χ3n) is 2.62. The fourth-order valence-electron chi connectivity index (χ4n) is 1.54. The molecular formula is C11H12BrN3O2S. The second-order valence-corrected chi connectivity index (χ2v) is 6.73. The molecule has 0 unspecified atom stereocenters. The molecule has 7 heteroatoms. The van der Waals surface area contributed by atoms with E-state index in [1.165, 1.54) is 6.26 Å². The van der Waals surface area contributed by atoms with E-state index in [0.717, 1.165) is 10.2 Å². The number of anilines is 1. The molecule has 1 aromatic carbocycles. The molecule has 0 spiro atoms. The molecule has 96 valence electrons. The van der Waals surface area contributed by atoms with Crippen molar-refractivity contribution in [2.45, 2.75) is 4.90 Å². The van der Waals surface area contributed by atoms with E-state index < -0.39 is 9.84 Å². The SMILES string of the molecule is Cn1c(N)nc(-c2ccc(S(C)(=O)=O)cc2)c1Br. The molecule has 0 atom stereocenters. The minimum Gasteiger partial charge on any atom is -0.369 e. The maximum absolute atomic E-state index is 11.4. The van der Waals surface area contributed by atoms with Crippen LogP contribution in [0.15, 0.2) is 33.8 Å². The molecule has 0 aliphatic rings. The van der Waals surface area contributed by atoms with Crippen LogP contribution in [0.5, 0.6) is 0 Å². The van der Waals surface area contributed by atoms with E-state index in [9.17, 15) is 8.42 Å². The van der Waals surface area contributed by atoms with Crippen molar-refractivity contribution in [1.82, 2.24) is 9.55 Å². The number of halogens is 1. The van der Waals surface area contributed by atoms with Crippen LogP contribution in [0.25, 0.3) is 11.3 Å². The van der Waals surface area contributed by atoms with Gasteiger partial charge in [0.1, 0.15) is 10.3 Å². The zero-order valence-electron chi connectivity index (χ0n) is 9.88. The van der Waals surface area contributed by atoms with Crippen molar-refractivity contribution in [2.75, 3.05) is 12.0 Å². The summed E-state index contributed by atoms with van der Waals surface area (Å²) < 4.78 is 25.2.